The highest BCUT2D eigenvalue weighted by molar-refractivity contribution is 5.90. The van der Waals surface area contributed by atoms with Gasteiger partial charge in [-0.15, -0.1) is 0 Å². The van der Waals surface area contributed by atoms with Gasteiger partial charge in [-0.1, -0.05) is 0 Å². The zero-order valence-corrected chi connectivity index (χ0v) is 17.1. The van der Waals surface area contributed by atoms with E-state index in [1.165, 1.54) is 0 Å². The zero-order chi connectivity index (χ0) is 20.3. The molecule has 3 rings (SSSR count). The van der Waals surface area contributed by atoms with Crippen LogP contribution in [0.15, 0.2) is 0 Å². The predicted molar refractivity (Wildman–Crippen MR) is 105 cm³/mol. The number of ether oxygens (including phenoxy) is 1. The average molecular weight is 389 g/mol. The van der Waals surface area contributed by atoms with Crippen molar-refractivity contribution in [1.82, 2.24) is 15.2 Å². The monoisotopic (exact) mass is 389 g/mol. The van der Waals surface area contributed by atoms with E-state index in [4.69, 9.17) is 4.74 Å². The summed E-state index contributed by atoms with van der Waals surface area (Å²) in [5, 5.41) is 3.05. The van der Waals surface area contributed by atoms with Gasteiger partial charge in [0.1, 0.15) is 5.69 Å². The molecule has 2 aliphatic rings. The molecule has 1 aliphatic carbocycles. The second-order valence-corrected chi connectivity index (χ2v) is 7.91. The lowest BCUT2D eigenvalue weighted by molar-refractivity contribution is -0.135. The largest absolute Gasteiger partial charge is 0.461 e. The third-order valence-corrected chi connectivity index (χ3v) is 5.73. The summed E-state index contributed by atoms with van der Waals surface area (Å²) in [6, 6.07) is 0.353. The molecule has 154 valence electrons. The van der Waals surface area contributed by atoms with E-state index in [0.29, 0.717) is 44.3 Å². The molecular formula is C21H31N3O4. The van der Waals surface area contributed by atoms with E-state index < -0.39 is 0 Å². The molecule has 1 aliphatic heterocycles. The van der Waals surface area contributed by atoms with Gasteiger partial charge in [-0.2, -0.15) is 0 Å². The van der Waals surface area contributed by atoms with E-state index in [9.17, 15) is 14.4 Å². The number of rotatable bonds is 7. The van der Waals surface area contributed by atoms with Crippen molar-refractivity contribution < 1.29 is 19.1 Å². The topological polar surface area (TPSA) is 91.5 Å². The standard InChI is InChI=1S/C21H31N3O4/c1-4-28-21(27)19-13(2)17(14(3)22-19)9-10-18(25)24-11-5-6-15(12-24)20(26)23-16-7-8-16/h15-16,22H,4-12H2,1-3H3,(H,23,26)/t15-/m1/s1. The summed E-state index contributed by atoms with van der Waals surface area (Å²) < 4.78 is 5.08. The second kappa shape index (κ2) is 8.80. The summed E-state index contributed by atoms with van der Waals surface area (Å²) in [5.41, 5.74) is 3.21. The number of likely N-dealkylation sites (tertiary alicyclic amines) is 1. The maximum Gasteiger partial charge on any atom is 0.355 e. The first kappa shape index (κ1) is 20.4. The van der Waals surface area contributed by atoms with Gasteiger partial charge >= 0.3 is 5.97 Å². The Bertz CT molecular complexity index is 751. The molecule has 1 aromatic rings. The Kier molecular flexibility index (Phi) is 6.42. The molecule has 0 bridgehead atoms. The summed E-state index contributed by atoms with van der Waals surface area (Å²) in [7, 11) is 0. The Labute approximate surface area is 166 Å². The number of aryl methyl sites for hydroxylation is 1. The van der Waals surface area contributed by atoms with Crippen LogP contribution in [-0.2, 0) is 20.7 Å². The van der Waals surface area contributed by atoms with Gasteiger partial charge in [0, 0.05) is 31.2 Å². The fraction of sp³-hybridized carbons (Fsp3) is 0.667. The summed E-state index contributed by atoms with van der Waals surface area (Å²) in [6.45, 7) is 7.12. The molecule has 0 unspecified atom stereocenters. The van der Waals surface area contributed by atoms with E-state index in [-0.39, 0.29) is 23.7 Å². The molecule has 7 nitrogen and oxygen atoms in total. The summed E-state index contributed by atoms with van der Waals surface area (Å²) in [4.78, 5) is 42.0. The van der Waals surface area contributed by atoms with Crippen LogP contribution in [0, 0.1) is 19.8 Å². The number of amides is 2. The predicted octanol–water partition coefficient (Wildman–Crippen LogP) is 2.26. The quantitative estimate of drug-likeness (QED) is 0.700. The second-order valence-electron chi connectivity index (χ2n) is 7.91. The molecular weight excluding hydrogens is 358 g/mol. The zero-order valence-electron chi connectivity index (χ0n) is 17.1. The maximum absolute atomic E-state index is 12.7. The van der Waals surface area contributed by atoms with Gasteiger partial charge in [0.25, 0.3) is 0 Å². The Morgan fingerprint density at radius 2 is 1.96 bits per heavy atom. The molecule has 7 heteroatoms. The van der Waals surface area contributed by atoms with Crippen LogP contribution in [0.25, 0.3) is 0 Å². The summed E-state index contributed by atoms with van der Waals surface area (Å²) in [6.07, 6.45) is 4.81. The number of nitrogens with one attached hydrogen (secondary N) is 2. The van der Waals surface area contributed by atoms with Crippen LogP contribution in [0.2, 0.25) is 0 Å². The van der Waals surface area contributed by atoms with E-state index >= 15 is 0 Å². The third-order valence-electron chi connectivity index (χ3n) is 5.73. The number of carbonyl (C=O) groups is 3. The van der Waals surface area contributed by atoms with Crippen molar-refractivity contribution >= 4 is 17.8 Å². The van der Waals surface area contributed by atoms with E-state index in [1.54, 1.807) is 6.92 Å². The lowest BCUT2D eigenvalue weighted by Gasteiger charge is -2.32. The van der Waals surface area contributed by atoms with Crippen molar-refractivity contribution in [3.63, 3.8) is 0 Å². The molecule has 0 spiro atoms. The van der Waals surface area contributed by atoms with Crippen LogP contribution in [-0.4, -0.2) is 53.4 Å². The fourth-order valence-corrected chi connectivity index (χ4v) is 3.93. The van der Waals surface area contributed by atoms with Crippen molar-refractivity contribution in [1.29, 1.82) is 0 Å². The number of hydrogen-bond acceptors (Lipinski definition) is 4. The molecule has 2 N–H and O–H groups in total. The molecule has 1 aromatic heterocycles. The van der Waals surface area contributed by atoms with Crippen LogP contribution in [0.5, 0.6) is 0 Å². The summed E-state index contributed by atoms with van der Waals surface area (Å²) in [5.74, 6) is -0.288. The number of hydrogen-bond donors (Lipinski definition) is 2. The lowest BCUT2D eigenvalue weighted by Crippen LogP contribution is -2.45. The first-order chi connectivity index (χ1) is 13.4. The van der Waals surface area contributed by atoms with Gasteiger partial charge in [-0.25, -0.2) is 4.79 Å². The van der Waals surface area contributed by atoms with Crippen molar-refractivity contribution in [2.45, 2.75) is 65.3 Å². The molecule has 1 saturated heterocycles. The smallest absolute Gasteiger partial charge is 0.355 e. The molecule has 2 fully saturated rings. The first-order valence-electron chi connectivity index (χ1n) is 10.3. The van der Waals surface area contributed by atoms with Gasteiger partial charge in [-0.3, -0.25) is 9.59 Å². The van der Waals surface area contributed by atoms with Crippen LogP contribution < -0.4 is 5.32 Å². The SMILES string of the molecule is CCOC(=O)c1[nH]c(C)c(CCC(=O)N2CCC[C@@H](C(=O)NC3CC3)C2)c1C. The average Bonchev–Trinajstić information content (AvgIpc) is 3.44. The van der Waals surface area contributed by atoms with Crippen molar-refractivity contribution in [3.8, 4) is 0 Å². The first-order valence-corrected chi connectivity index (χ1v) is 10.3. The van der Waals surface area contributed by atoms with Crippen molar-refractivity contribution in [3.05, 3.63) is 22.5 Å². The minimum atomic E-state index is -0.360. The van der Waals surface area contributed by atoms with Crippen LogP contribution in [0.1, 0.15) is 66.3 Å². The number of carbonyl (C=O) groups excluding carboxylic acids is 3. The highest BCUT2D eigenvalue weighted by atomic mass is 16.5. The number of aromatic amines is 1. The van der Waals surface area contributed by atoms with Crippen LogP contribution in [0.3, 0.4) is 0 Å². The van der Waals surface area contributed by atoms with Crippen molar-refractivity contribution in [2.24, 2.45) is 5.92 Å². The summed E-state index contributed by atoms with van der Waals surface area (Å²) >= 11 is 0. The Hall–Kier alpha value is -2.31. The lowest BCUT2D eigenvalue weighted by atomic mass is 9.96. The highest BCUT2D eigenvalue weighted by Gasteiger charge is 2.32. The highest BCUT2D eigenvalue weighted by Crippen LogP contribution is 2.24. The molecule has 2 amide bonds. The molecule has 1 atom stereocenters. The number of nitrogens with zero attached hydrogens (tertiary/aromatic N) is 1. The van der Waals surface area contributed by atoms with Gasteiger partial charge in [0.2, 0.25) is 11.8 Å². The minimum Gasteiger partial charge on any atom is -0.461 e. The van der Waals surface area contributed by atoms with Gasteiger partial charge in [-0.05, 0) is 64.0 Å². The Morgan fingerprint density at radius 1 is 1.21 bits per heavy atom. The molecule has 2 heterocycles. The Morgan fingerprint density at radius 3 is 2.64 bits per heavy atom. The number of esters is 1. The maximum atomic E-state index is 12.7. The molecule has 28 heavy (non-hydrogen) atoms. The minimum absolute atomic E-state index is 0.0709. The van der Waals surface area contributed by atoms with Crippen LogP contribution in [0.4, 0.5) is 0 Å². The van der Waals surface area contributed by atoms with E-state index in [0.717, 1.165) is 42.5 Å². The fourth-order valence-electron chi connectivity index (χ4n) is 3.93. The van der Waals surface area contributed by atoms with Crippen LogP contribution >= 0.6 is 0 Å². The number of aromatic nitrogens is 1. The normalized spacial score (nSPS) is 19.4. The Balaban J connectivity index is 1.56. The molecule has 0 aromatic carbocycles. The molecule has 0 radical (unpaired) electrons. The van der Waals surface area contributed by atoms with Gasteiger partial charge in [0.05, 0.1) is 12.5 Å². The van der Waals surface area contributed by atoms with Crippen molar-refractivity contribution in [2.75, 3.05) is 19.7 Å². The van der Waals surface area contributed by atoms with Gasteiger partial charge < -0.3 is 19.9 Å². The third kappa shape index (κ3) is 4.75. The number of piperidine rings is 1. The number of H-pyrrole nitrogens is 1. The molecule has 1 saturated carbocycles. The van der Waals surface area contributed by atoms with E-state index in [2.05, 4.69) is 10.3 Å². The van der Waals surface area contributed by atoms with E-state index in [1.807, 2.05) is 18.7 Å². The van der Waals surface area contributed by atoms with Gasteiger partial charge in [0.15, 0.2) is 0 Å².